The van der Waals surface area contributed by atoms with Crippen LogP contribution in [-0.2, 0) is 11.3 Å². The van der Waals surface area contributed by atoms with Crippen molar-refractivity contribution in [2.75, 3.05) is 4.90 Å². The van der Waals surface area contributed by atoms with E-state index in [0.717, 1.165) is 66.8 Å². The smallest absolute Gasteiger partial charge is 0.145 e. The SMILES string of the molecule is Cc1ccccc1-c1noc(C2CC2)c1COC1CC2CCC(C1)N2c1ccc(C#N)c(F)c1. The first kappa shape index (κ1) is 21.4. The summed E-state index contributed by atoms with van der Waals surface area (Å²) in [6.45, 7) is 2.61. The van der Waals surface area contributed by atoms with Gasteiger partial charge >= 0.3 is 0 Å². The van der Waals surface area contributed by atoms with E-state index in [1.165, 1.54) is 11.6 Å². The van der Waals surface area contributed by atoms with Crippen molar-refractivity contribution in [3.05, 3.63) is 70.7 Å². The van der Waals surface area contributed by atoms with Gasteiger partial charge in [-0.15, -0.1) is 0 Å². The fraction of sp³-hybridized carbons (Fsp3) is 0.429. The highest BCUT2D eigenvalue weighted by Crippen LogP contribution is 2.45. The molecule has 0 amide bonds. The van der Waals surface area contributed by atoms with Crippen molar-refractivity contribution in [2.24, 2.45) is 0 Å². The van der Waals surface area contributed by atoms with Crippen LogP contribution in [0.1, 0.15) is 66.9 Å². The third-order valence-corrected chi connectivity index (χ3v) is 7.69. The molecular formula is C28H28FN3O2. The van der Waals surface area contributed by atoms with Crippen molar-refractivity contribution in [1.82, 2.24) is 5.16 Å². The molecule has 1 saturated carbocycles. The van der Waals surface area contributed by atoms with E-state index in [2.05, 4.69) is 29.1 Å². The first-order valence-corrected chi connectivity index (χ1v) is 12.3. The zero-order chi connectivity index (χ0) is 23.2. The molecule has 3 fully saturated rings. The van der Waals surface area contributed by atoms with Crippen LogP contribution in [0.15, 0.2) is 47.0 Å². The van der Waals surface area contributed by atoms with E-state index in [1.807, 2.05) is 24.3 Å². The molecule has 0 N–H and O–H groups in total. The Morgan fingerprint density at radius 2 is 1.88 bits per heavy atom. The molecule has 3 aromatic rings. The van der Waals surface area contributed by atoms with E-state index in [1.54, 1.807) is 6.07 Å². The Balaban J connectivity index is 1.19. The molecule has 34 heavy (non-hydrogen) atoms. The fourth-order valence-corrected chi connectivity index (χ4v) is 5.82. The average Bonchev–Trinajstić information content (AvgIpc) is 3.54. The van der Waals surface area contributed by atoms with Crippen LogP contribution in [0, 0.1) is 24.1 Å². The first-order chi connectivity index (χ1) is 16.6. The molecule has 0 spiro atoms. The summed E-state index contributed by atoms with van der Waals surface area (Å²) < 4.78 is 26.6. The van der Waals surface area contributed by atoms with Crippen LogP contribution in [0.3, 0.4) is 0 Å². The molecule has 6 rings (SSSR count). The van der Waals surface area contributed by atoms with Gasteiger partial charge in [0, 0.05) is 34.8 Å². The number of benzene rings is 2. The lowest BCUT2D eigenvalue weighted by atomic mass is 9.98. The zero-order valence-corrected chi connectivity index (χ0v) is 19.3. The fourth-order valence-electron chi connectivity index (χ4n) is 5.82. The van der Waals surface area contributed by atoms with Gasteiger partial charge in [0.05, 0.1) is 18.3 Å². The Kier molecular flexibility index (Phi) is 5.38. The predicted molar refractivity (Wildman–Crippen MR) is 127 cm³/mol. The van der Waals surface area contributed by atoms with Crippen LogP contribution >= 0.6 is 0 Å². The van der Waals surface area contributed by atoms with Gasteiger partial charge in [-0.3, -0.25) is 0 Å². The van der Waals surface area contributed by atoms with Crippen molar-refractivity contribution in [2.45, 2.75) is 76.2 Å². The maximum absolute atomic E-state index is 14.3. The summed E-state index contributed by atoms with van der Waals surface area (Å²) in [5, 5.41) is 13.5. The Morgan fingerprint density at radius 1 is 1.12 bits per heavy atom. The van der Waals surface area contributed by atoms with Crippen LogP contribution in [-0.4, -0.2) is 23.3 Å². The molecule has 2 unspecified atom stereocenters. The number of halogens is 1. The molecular weight excluding hydrogens is 429 g/mol. The van der Waals surface area contributed by atoms with Gasteiger partial charge in [0.25, 0.3) is 0 Å². The highest BCUT2D eigenvalue weighted by Gasteiger charge is 2.42. The lowest BCUT2D eigenvalue weighted by molar-refractivity contribution is 0.0147. The van der Waals surface area contributed by atoms with Crippen LogP contribution in [0.4, 0.5) is 10.1 Å². The van der Waals surface area contributed by atoms with Gasteiger partial charge in [0.1, 0.15) is 23.3 Å². The van der Waals surface area contributed by atoms with E-state index in [9.17, 15) is 4.39 Å². The molecule has 2 aromatic carbocycles. The Labute approximate surface area is 199 Å². The second kappa shape index (κ2) is 8.56. The van der Waals surface area contributed by atoms with Gasteiger partial charge in [-0.05, 0) is 69.2 Å². The van der Waals surface area contributed by atoms with Gasteiger partial charge in [-0.1, -0.05) is 29.4 Å². The highest BCUT2D eigenvalue weighted by atomic mass is 19.1. The number of fused-ring (bicyclic) bond motifs is 2. The number of nitriles is 1. The first-order valence-electron chi connectivity index (χ1n) is 12.3. The summed E-state index contributed by atoms with van der Waals surface area (Å²) >= 11 is 0. The second-order valence-electron chi connectivity index (χ2n) is 9.94. The molecule has 0 radical (unpaired) electrons. The van der Waals surface area contributed by atoms with E-state index in [4.69, 9.17) is 14.5 Å². The van der Waals surface area contributed by atoms with Gasteiger partial charge < -0.3 is 14.2 Å². The number of anilines is 1. The quantitative estimate of drug-likeness (QED) is 0.437. The van der Waals surface area contributed by atoms with Crippen molar-refractivity contribution < 1.29 is 13.7 Å². The van der Waals surface area contributed by atoms with Gasteiger partial charge in [0.2, 0.25) is 0 Å². The van der Waals surface area contributed by atoms with Crippen molar-refractivity contribution in [3.63, 3.8) is 0 Å². The molecule has 3 heterocycles. The highest BCUT2D eigenvalue weighted by molar-refractivity contribution is 5.67. The molecule has 2 atom stereocenters. The third kappa shape index (κ3) is 3.78. The Bertz CT molecular complexity index is 1240. The van der Waals surface area contributed by atoms with Gasteiger partial charge in [-0.25, -0.2) is 4.39 Å². The largest absolute Gasteiger partial charge is 0.373 e. The Morgan fingerprint density at radius 3 is 2.56 bits per heavy atom. The molecule has 2 saturated heterocycles. The summed E-state index contributed by atoms with van der Waals surface area (Å²) in [5.41, 5.74) is 5.27. The third-order valence-electron chi connectivity index (χ3n) is 7.69. The van der Waals surface area contributed by atoms with Crippen LogP contribution in [0.5, 0.6) is 0 Å². The lowest BCUT2D eigenvalue weighted by Crippen LogP contribution is -2.45. The maximum atomic E-state index is 14.3. The average molecular weight is 458 g/mol. The molecule has 6 heteroatoms. The summed E-state index contributed by atoms with van der Waals surface area (Å²) in [5.74, 6) is 1.02. The molecule has 5 nitrogen and oxygen atoms in total. The van der Waals surface area contributed by atoms with Crippen molar-refractivity contribution >= 4 is 5.69 Å². The van der Waals surface area contributed by atoms with Gasteiger partial charge in [-0.2, -0.15) is 5.26 Å². The van der Waals surface area contributed by atoms with Crippen LogP contribution in [0.2, 0.25) is 0 Å². The minimum atomic E-state index is -0.443. The number of rotatable bonds is 6. The number of aryl methyl sites for hydroxylation is 1. The normalized spacial score (nSPS) is 23.8. The number of piperidine rings is 1. The van der Waals surface area contributed by atoms with E-state index in [-0.39, 0.29) is 11.7 Å². The molecule has 1 aromatic heterocycles. The minimum absolute atomic E-state index is 0.0963. The second-order valence-corrected chi connectivity index (χ2v) is 9.94. The zero-order valence-electron chi connectivity index (χ0n) is 19.3. The molecule has 3 aliphatic rings. The summed E-state index contributed by atoms with van der Waals surface area (Å²) in [6, 6.07) is 15.8. The Hall–Kier alpha value is -3.17. The standard InChI is InChI=1S/C28H28FN3O2/c1-17-4-2-3-5-24(17)27-25(28(34-31-27)18-6-7-18)16-33-23-12-20-10-11-21(13-23)32(20)22-9-8-19(15-30)26(29)14-22/h2-5,8-9,14,18,20-21,23H,6-7,10-13,16H2,1H3. The number of aromatic nitrogens is 1. The predicted octanol–water partition coefficient (Wildman–Crippen LogP) is 6.25. The monoisotopic (exact) mass is 457 g/mol. The minimum Gasteiger partial charge on any atom is -0.373 e. The topological polar surface area (TPSA) is 62.3 Å². The maximum Gasteiger partial charge on any atom is 0.145 e. The van der Waals surface area contributed by atoms with Gasteiger partial charge in [0.15, 0.2) is 0 Å². The summed E-state index contributed by atoms with van der Waals surface area (Å²) in [7, 11) is 0. The van der Waals surface area contributed by atoms with Crippen molar-refractivity contribution in [3.8, 4) is 17.3 Å². The van der Waals surface area contributed by atoms with E-state index >= 15 is 0 Å². The number of hydrogen-bond donors (Lipinski definition) is 0. The molecule has 2 bridgehead atoms. The number of nitrogens with zero attached hydrogens (tertiary/aromatic N) is 3. The van der Waals surface area contributed by atoms with E-state index < -0.39 is 5.82 Å². The number of ether oxygens (including phenoxy) is 1. The lowest BCUT2D eigenvalue weighted by Gasteiger charge is -2.40. The number of hydrogen-bond acceptors (Lipinski definition) is 5. The van der Waals surface area contributed by atoms with Crippen LogP contribution < -0.4 is 4.90 Å². The summed E-state index contributed by atoms with van der Waals surface area (Å²) in [4.78, 5) is 2.35. The summed E-state index contributed by atoms with van der Waals surface area (Å²) in [6.07, 6.45) is 6.47. The molecule has 174 valence electrons. The molecule has 1 aliphatic carbocycles. The molecule has 2 aliphatic heterocycles. The van der Waals surface area contributed by atoms with Crippen molar-refractivity contribution in [1.29, 1.82) is 5.26 Å². The van der Waals surface area contributed by atoms with E-state index in [0.29, 0.717) is 24.6 Å². The van der Waals surface area contributed by atoms with Crippen LogP contribution in [0.25, 0.3) is 11.3 Å².